The fraction of sp³-hybridized carbons (Fsp3) is 0.537. The molecule has 3 aromatic rings. The number of aromatic amines is 2. The second-order valence-corrected chi connectivity index (χ2v) is 15.3. The van der Waals surface area contributed by atoms with Crippen molar-refractivity contribution >= 4 is 39.2 Å². The van der Waals surface area contributed by atoms with Crippen LogP contribution in [0.4, 0.5) is 0 Å². The van der Waals surface area contributed by atoms with E-state index in [9.17, 15) is 9.90 Å². The summed E-state index contributed by atoms with van der Waals surface area (Å²) < 4.78 is 18.0. The van der Waals surface area contributed by atoms with E-state index in [0.29, 0.717) is 32.5 Å². The Bertz CT molecular complexity index is 2090. The highest BCUT2D eigenvalue weighted by Gasteiger charge is 2.52. The van der Waals surface area contributed by atoms with Crippen molar-refractivity contribution in [3.8, 4) is 0 Å². The zero-order valence-corrected chi connectivity index (χ0v) is 30.5. The number of hydrogen-bond donors (Lipinski definition) is 3. The smallest absolute Gasteiger partial charge is 0.305 e. The maximum atomic E-state index is 12.5. The van der Waals surface area contributed by atoms with Gasteiger partial charge in [0, 0.05) is 69.1 Å². The zero-order valence-electron chi connectivity index (χ0n) is 30.5. The van der Waals surface area contributed by atoms with Crippen molar-refractivity contribution in [1.82, 2.24) is 19.9 Å². The molecule has 8 bridgehead atoms. The minimum atomic E-state index is -0.997. The molecule has 9 heteroatoms. The number of nitrogens with zero attached hydrogens (tertiary/aromatic N) is 2. The number of nitrogens with one attached hydrogen (secondary N) is 2. The molecule has 50 heavy (non-hydrogen) atoms. The van der Waals surface area contributed by atoms with Crippen molar-refractivity contribution < 1.29 is 24.1 Å². The molecule has 9 nitrogen and oxygen atoms in total. The average molecular weight is 679 g/mol. The van der Waals surface area contributed by atoms with Gasteiger partial charge in [-0.3, -0.25) is 9.78 Å². The first-order valence-corrected chi connectivity index (χ1v) is 18.5. The number of rotatable bonds is 6. The van der Waals surface area contributed by atoms with Gasteiger partial charge in [-0.05, 0) is 99.8 Å². The highest BCUT2D eigenvalue weighted by atomic mass is 16.7. The van der Waals surface area contributed by atoms with Crippen LogP contribution in [0.5, 0.6) is 0 Å². The van der Waals surface area contributed by atoms with Crippen LogP contribution in [-0.4, -0.2) is 57.1 Å². The fourth-order valence-corrected chi connectivity index (χ4v) is 9.76. The second-order valence-electron chi connectivity index (χ2n) is 15.3. The van der Waals surface area contributed by atoms with Gasteiger partial charge in [0.25, 0.3) is 0 Å². The molecule has 2 fully saturated rings. The predicted octanol–water partition coefficient (Wildman–Crippen LogP) is 7.96. The summed E-state index contributed by atoms with van der Waals surface area (Å²) in [5.41, 5.74) is 14.1. The lowest BCUT2D eigenvalue weighted by Crippen LogP contribution is -2.30. The quantitative estimate of drug-likeness (QED) is 0.226. The lowest BCUT2D eigenvalue weighted by Gasteiger charge is -2.31. The molecule has 264 valence electrons. The van der Waals surface area contributed by atoms with Crippen LogP contribution in [0.15, 0.2) is 18.2 Å². The summed E-state index contributed by atoms with van der Waals surface area (Å²) in [6.07, 6.45) is 6.61. The summed E-state index contributed by atoms with van der Waals surface area (Å²) >= 11 is 0. The monoisotopic (exact) mass is 678 g/mol. The lowest BCUT2D eigenvalue weighted by molar-refractivity contribution is -0.140. The highest BCUT2D eigenvalue weighted by molar-refractivity contribution is 5.98. The number of aryl methyl sites for hydroxylation is 3. The maximum absolute atomic E-state index is 12.5. The topological polar surface area (TPSA) is 122 Å². The van der Waals surface area contributed by atoms with Gasteiger partial charge in [0.05, 0.1) is 43.0 Å². The van der Waals surface area contributed by atoms with Crippen molar-refractivity contribution in [2.75, 3.05) is 20.3 Å². The van der Waals surface area contributed by atoms with Gasteiger partial charge in [-0.1, -0.05) is 26.7 Å². The molecule has 8 rings (SSSR count). The number of hydrogen-bond acceptors (Lipinski definition) is 7. The minimum Gasteiger partial charge on any atom is -0.469 e. The number of ether oxygens (including phenoxy) is 3. The average Bonchev–Trinajstić information content (AvgIpc) is 3.95. The summed E-state index contributed by atoms with van der Waals surface area (Å²) in [5.74, 6) is -0.930. The molecule has 0 amide bonds. The van der Waals surface area contributed by atoms with Crippen molar-refractivity contribution in [2.45, 2.75) is 116 Å². The standard InChI is InChI=1S/C41H50N4O5/c1-8-26-21(2)29-19-34-36(40(6,47)25-11-9-10-12-25)23(4)31(43-34)17-30-22(3)27(13-14-35(46)48-7)38(44-30)28-20-41(49-15-16-50-41)37-24(5)32(45-39(28)37)18-33(26)42-29/h17-19,22,25,27,42-43,47H,8-16,20H2,1-7H3/t22-,27-,40?/m0/s1. The van der Waals surface area contributed by atoms with Crippen LogP contribution in [0.2, 0.25) is 0 Å². The normalized spacial score (nSPS) is 22.6. The minimum absolute atomic E-state index is 0.0258. The summed E-state index contributed by atoms with van der Waals surface area (Å²) in [7, 11) is 1.44. The van der Waals surface area contributed by atoms with E-state index in [4.69, 9.17) is 24.2 Å². The van der Waals surface area contributed by atoms with Crippen LogP contribution in [0.3, 0.4) is 0 Å². The molecule has 1 saturated carbocycles. The van der Waals surface area contributed by atoms with Crippen LogP contribution in [-0.2, 0) is 37.4 Å². The Morgan fingerprint density at radius 3 is 2.42 bits per heavy atom. The SMILES string of the molecule is CCc1c(C)c2cc3[nH]c(cc4nc(c5c6nc(cc1[nH]2)C(C)=C6C1(C5)OCCO1)[C@@H](CCC(=O)OC)[C@@H]4C)c(C)c3C(C)(O)C1CCCC1. The Labute approximate surface area is 293 Å². The number of aliphatic hydroxyl groups is 1. The van der Waals surface area contributed by atoms with Crippen molar-refractivity contribution in [2.24, 2.45) is 5.92 Å². The van der Waals surface area contributed by atoms with Gasteiger partial charge in [0.2, 0.25) is 5.79 Å². The van der Waals surface area contributed by atoms with Crippen LogP contribution in [0.25, 0.3) is 33.2 Å². The molecule has 3 atom stereocenters. The van der Waals surface area contributed by atoms with Crippen LogP contribution < -0.4 is 0 Å². The van der Waals surface area contributed by atoms with E-state index >= 15 is 0 Å². The van der Waals surface area contributed by atoms with E-state index in [1.807, 2.05) is 6.92 Å². The number of carbonyl (C=O) groups excluding carboxylic acids is 1. The van der Waals surface area contributed by atoms with E-state index in [2.05, 4.69) is 62.8 Å². The Balaban J connectivity index is 1.48. The highest BCUT2D eigenvalue weighted by Crippen LogP contribution is 2.53. The number of methoxy groups -OCH3 is 1. The molecule has 0 aromatic carbocycles. The van der Waals surface area contributed by atoms with Gasteiger partial charge in [-0.15, -0.1) is 0 Å². The largest absolute Gasteiger partial charge is 0.469 e. The Kier molecular flexibility index (Phi) is 8.12. The Morgan fingerprint density at radius 2 is 1.72 bits per heavy atom. The first kappa shape index (κ1) is 33.4. The first-order valence-electron chi connectivity index (χ1n) is 18.5. The zero-order chi connectivity index (χ0) is 35.1. The Morgan fingerprint density at radius 1 is 1.02 bits per heavy atom. The van der Waals surface area contributed by atoms with Gasteiger partial charge in [0.15, 0.2) is 0 Å². The third kappa shape index (κ3) is 5.02. The molecule has 1 spiro atoms. The number of aromatic nitrogens is 4. The maximum Gasteiger partial charge on any atom is 0.305 e. The molecule has 1 saturated heterocycles. The van der Waals surface area contributed by atoms with Crippen molar-refractivity contribution in [1.29, 1.82) is 0 Å². The molecule has 3 aromatic heterocycles. The van der Waals surface area contributed by atoms with Gasteiger partial charge in [-0.25, -0.2) is 4.98 Å². The summed E-state index contributed by atoms with van der Waals surface area (Å²) in [4.78, 5) is 30.7. The van der Waals surface area contributed by atoms with Gasteiger partial charge in [0.1, 0.15) is 0 Å². The first-order chi connectivity index (χ1) is 24.0. The molecule has 3 N–H and O–H groups in total. The molecule has 0 radical (unpaired) electrons. The number of esters is 1. The lowest BCUT2D eigenvalue weighted by atomic mass is 9.80. The molecule has 5 aliphatic rings. The summed E-state index contributed by atoms with van der Waals surface area (Å²) in [5, 5.41) is 12.4. The van der Waals surface area contributed by atoms with E-state index in [0.717, 1.165) is 105 Å². The van der Waals surface area contributed by atoms with Crippen molar-refractivity contribution in [3.05, 3.63) is 68.8 Å². The number of fused-ring (bicyclic) bond motifs is 9. The van der Waals surface area contributed by atoms with E-state index < -0.39 is 11.4 Å². The summed E-state index contributed by atoms with van der Waals surface area (Å²) in [6.45, 7) is 13.9. The van der Waals surface area contributed by atoms with Gasteiger partial charge >= 0.3 is 5.97 Å². The fourth-order valence-electron chi connectivity index (χ4n) is 9.76. The molecular weight excluding hydrogens is 628 g/mol. The Hall–Kier alpha value is -3.79. The summed E-state index contributed by atoms with van der Waals surface area (Å²) in [6, 6.07) is 6.52. The number of H-pyrrole nitrogens is 2. The molecule has 2 aliphatic carbocycles. The van der Waals surface area contributed by atoms with E-state index in [1.54, 1.807) is 0 Å². The van der Waals surface area contributed by atoms with E-state index in [1.165, 1.54) is 18.2 Å². The molecular formula is C41H50N4O5. The van der Waals surface area contributed by atoms with Crippen LogP contribution >= 0.6 is 0 Å². The van der Waals surface area contributed by atoms with Crippen LogP contribution in [0, 0.1) is 19.8 Å². The predicted molar refractivity (Wildman–Crippen MR) is 195 cm³/mol. The number of carbonyl (C=O) groups is 1. The van der Waals surface area contributed by atoms with Crippen molar-refractivity contribution in [3.63, 3.8) is 0 Å². The van der Waals surface area contributed by atoms with Gasteiger partial charge in [-0.2, -0.15) is 0 Å². The molecule has 6 heterocycles. The number of allylic oxidation sites excluding steroid dienone is 1. The third-order valence-electron chi connectivity index (χ3n) is 12.6. The third-order valence-corrected chi connectivity index (χ3v) is 12.6. The van der Waals surface area contributed by atoms with Gasteiger partial charge < -0.3 is 29.3 Å². The second kappa shape index (κ2) is 12.2. The molecule has 1 unspecified atom stereocenters. The molecule has 3 aliphatic heterocycles. The van der Waals surface area contributed by atoms with Crippen LogP contribution in [0.1, 0.15) is 129 Å². The van der Waals surface area contributed by atoms with E-state index in [-0.39, 0.29) is 23.7 Å².